The first-order chi connectivity index (χ1) is 15.2. The largest absolute Gasteiger partial charge is 0.495 e. The van der Waals surface area contributed by atoms with Gasteiger partial charge in [0.05, 0.1) is 23.9 Å². The fourth-order valence-electron chi connectivity index (χ4n) is 3.93. The Hall–Kier alpha value is -2.65. The normalized spacial score (nSPS) is 13.5. The van der Waals surface area contributed by atoms with Crippen molar-refractivity contribution in [3.05, 3.63) is 56.8 Å². The molecule has 7 nitrogen and oxygen atoms in total. The van der Waals surface area contributed by atoms with Gasteiger partial charge >= 0.3 is 0 Å². The third kappa shape index (κ3) is 3.65. The predicted molar refractivity (Wildman–Crippen MR) is 122 cm³/mol. The van der Waals surface area contributed by atoms with E-state index < -0.39 is 0 Å². The van der Waals surface area contributed by atoms with Crippen molar-refractivity contribution < 1.29 is 9.15 Å². The van der Waals surface area contributed by atoms with Crippen molar-refractivity contribution in [2.75, 3.05) is 7.11 Å². The number of thiophene rings is 1. The number of methoxy groups -OCH3 is 1. The van der Waals surface area contributed by atoms with E-state index in [1.54, 1.807) is 23.0 Å². The first-order valence-corrected chi connectivity index (χ1v) is 12.1. The zero-order valence-corrected chi connectivity index (χ0v) is 19.0. The topological polar surface area (TPSA) is 83.0 Å². The molecule has 0 spiro atoms. The minimum absolute atomic E-state index is 0.0452. The lowest BCUT2D eigenvalue weighted by Gasteiger charge is -2.15. The first kappa shape index (κ1) is 20.3. The molecule has 0 unspecified atom stereocenters. The summed E-state index contributed by atoms with van der Waals surface area (Å²) in [7, 11) is 1.61. The molecule has 9 heteroatoms. The van der Waals surface area contributed by atoms with Crippen LogP contribution in [0.1, 0.15) is 42.0 Å². The van der Waals surface area contributed by atoms with Crippen molar-refractivity contribution in [2.24, 2.45) is 0 Å². The molecule has 1 aliphatic rings. The molecule has 0 saturated carbocycles. The number of aryl methyl sites for hydroxylation is 3. The molecular formula is C22H22N4O3S2. The molecular weight excluding hydrogens is 432 g/mol. The van der Waals surface area contributed by atoms with Gasteiger partial charge in [-0.25, -0.2) is 4.98 Å². The van der Waals surface area contributed by atoms with Crippen molar-refractivity contribution in [1.82, 2.24) is 19.7 Å². The van der Waals surface area contributed by atoms with E-state index in [1.165, 1.54) is 28.6 Å². The van der Waals surface area contributed by atoms with Crippen LogP contribution >= 0.6 is 23.1 Å². The van der Waals surface area contributed by atoms with Crippen molar-refractivity contribution in [1.29, 1.82) is 0 Å². The molecule has 0 fully saturated rings. The summed E-state index contributed by atoms with van der Waals surface area (Å²) in [6, 6.07) is 7.54. The van der Waals surface area contributed by atoms with E-state index in [9.17, 15) is 4.79 Å². The van der Waals surface area contributed by atoms with Gasteiger partial charge in [0.2, 0.25) is 11.8 Å². The maximum atomic E-state index is 13.8. The maximum absolute atomic E-state index is 13.8. The zero-order valence-electron chi connectivity index (χ0n) is 17.4. The SMILES string of the molecule is CCc1nnc(CSc2nc3sc4c(c3c(=O)n2-c2ccccc2OC)CCCC4)o1. The van der Waals surface area contributed by atoms with E-state index in [1.807, 2.05) is 31.2 Å². The van der Waals surface area contributed by atoms with Gasteiger partial charge in [-0.2, -0.15) is 0 Å². The summed E-state index contributed by atoms with van der Waals surface area (Å²) in [5, 5.41) is 9.48. The number of para-hydroxylation sites is 2. The highest BCUT2D eigenvalue weighted by molar-refractivity contribution is 7.98. The molecule has 1 aliphatic carbocycles. The summed E-state index contributed by atoms with van der Waals surface area (Å²) in [6.07, 6.45) is 4.93. The third-order valence-electron chi connectivity index (χ3n) is 5.42. The highest BCUT2D eigenvalue weighted by atomic mass is 32.2. The molecule has 3 heterocycles. The second-order valence-corrected chi connectivity index (χ2v) is 9.36. The molecule has 0 saturated heterocycles. The van der Waals surface area contributed by atoms with Gasteiger partial charge in [0.15, 0.2) is 5.16 Å². The lowest BCUT2D eigenvalue weighted by molar-refractivity contribution is 0.411. The van der Waals surface area contributed by atoms with E-state index >= 15 is 0 Å². The summed E-state index contributed by atoms with van der Waals surface area (Å²) in [4.78, 5) is 20.9. The second-order valence-electron chi connectivity index (χ2n) is 7.33. The van der Waals surface area contributed by atoms with E-state index in [0.717, 1.165) is 29.5 Å². The molecule has 0 aliphatic heterocycles. The third-order valence-corrected chi connectivity index (χ3v) is 7.53. The summed E-state index contributed by atoms with van der Waals surface area (Å²) in [5.41, 5.74) is 1.81. The minimum atomic E-state index is -0.0452. The van der Waals surface area contributed by atoms with Crippen LogP contribution in [0.15, 0.2) is 38.6 Å². The van der Waals surface area contributed by atoms with E-state index in [-0.39, 0.29) is 5.56 Å². The fraction of sp³-hybridized carbons (Fsp3) is 0.364. The molecule has 5 rings (SSSR count). The van der Waals surface area contributed by atoms with Crippen LogP contribution < -0.4 is 10.3 Å². The quantitative estimate of drug-likeness (QED) is 0.312. The molecule has 0 bridgehead atoms. The Morgan fingerprint density at radius 1 is 1.19 bits per heavy atom. The molecule has 0 amide bonds. The van der Waals surface area contributed by atoms with Gasteiger partial charge in [-0.15, -0.1) is 21.5 Å². The summed E-state index contributed by atoms with van der Waals surface area (Å²) in [6.45, 7) is 1.97. The van der Waals surface area contributed by atoms with E-state index in [2.05, 4.69) is 10.2 Å². The van der Waals surface area contributed by atoms with Crippen LogP contribution in [-0.4, -0.2) is 26.9 Å². The van der Waals surface area contributed by atoms with Gasteiger partial charge < -0.3 is 9.15 Å². The van der Waals surface area contributed by atoms with Crippen molar-refractivity contribution in [3.8, 4) is 11.4 Å². The smallest absolute Gasteiger partial charge is 0.267 e. The van der Waals surface area contributed by atoms with Crippen LogP contribution in [0.4, 0.5) is 0 Å². The second kappa shape index (κ2) is 8.47. The van der Waals surface area contributed by atoms with Gasteiger partial charge in [0, 0.05) is 11.3 Å². The van der Waals surface area contributed by atoms with Crippen LogP contribution in [-0.2, 0) is 25.0 Å². The molecule has 0 N–H and O–H groups in total. The number of nitrogens with zero attached hydrogens (tertiary/aromatic N) is 4. The van der Waals surface area contributed by atoms with Gasteiger partial charge in [0.25, 0.3) is 5.56 Å². The number of thioether (sulfide) groups is 1. The Morgan fingerprint density at radius 3 is 2.81 bits per heavy atom. The van der Waals surface area contributed by atoms with Crippen molar-refractivity contribution in [2.45, 2.75) is 49.9 Å². The van der Waals surface area contributed by atoms with Gasteiger partial charge in [-0.1, -0.05) is 30.8 Å². The van der Waals surface area contributed by atoms with Gasteiger partial charge in [-0.3, -0.25) is 9.36 Å². The Kier molecular flexibility index (Phi) is 5.54. The summed E-state index contributed by atoms with van der Waals surface area (Å²) in [5.74, 6) is 2.19. The number of benzene rings is 1. The number of ether oxygens (including phenoxy) is 1. The Labute approximate surface area is 187 Å². The highest BCUT2D eigenvalue weighted by Crippen LogP contribution is 2.36. The lowest BCUT2D eigenvalue weighted by Crippen LogP contribution is -2.22. The number of hydrogen-bond acceptors (Lipinski definition) is 8. The average molecular weight is 455 g/mol. The lowest BCUT2D eigenvalue weighted by atomic mass is 9.97. The monoisotopic (exact) mass is 454 g/mol. The Bertz CT molecular complexity index is 1310. The van der Waals surface area contributed by atoms with Gasteiger partial charge in [0.1, 0.15) is 10.6 Å². The van der Waals surface area contributed by atoms with Crippen LogP contribution in [0.3, 0.4) is 0 Å². The first-order valence-electron chi connectivity index (χ1n) is 10.3. The van der Waals surface area contributed by atoms with E-state index in [0.29, 0.717) is 40.5 Å². The van der Waals surface area contributed by atoms with Crippen LogP contribution in [0.25, 0.3) is 15.9 Å². The Balaban J connectivity index is 1.67. The zero-order chi connectivity index (χ0) is 21.4. The molecule has 0 atom stereocenters. The van der Waals surface area contributed by atoms with Gasteiger partial charge in [-0.05, 0) is 43.4 Å². The minimum Gasteiger partial charge on any atom is -0.495 e. The molecule has 3 aromatic heterocycles. The highest BCUT2D eigenvalue weighted by Gasteiger charge is 2.24. The summed E-state index contributed by atoms with van der Waals surface area (Å²) >= 11 is 3.07. The maximum Gasteiger partial charge on any atom is 0.267 e. The Morgan fingerprint density at radius 2 is 2.00 bits per heavy atom. The van der Waals surface area contributed by atoms with Crippen molar-refractivity contribution in [3.63, 3.8) is 0 Å². The van der Waals surface area contributed by atoms with Crippen LogP contribution in [0.2, 0.25) is 0 Å². The van der Waals surface area contributed by atoms with Crippen LogP contribution in [0.5, 0.6) is 5.75 Å². The number of aromatic nitrogens is 4. The molecule has 31 heavy (non-hydrogen) atoms. The standard InChI is InChI=1S/C22H22N4O3S2/c1-3-17-24-25-18(29-17)12-30-22-23-20-19(13-8-4-7-11-16(13)31-20)21(27)26(22)14-9-5-6-10-15(14)28-2/h5-6,9-10H,3-4,7-8,11-12H2,1-2H3. The van der Waals surface area contributed by atoms with E-state index in [4.69, 9.17) is 14.1 Å². The fourth-order valence-corrected chi connectivity index (χ4v) is 6.07. The predicted octanol–water partition coefficient (Wildman–Crippen LogP) is 4.57. The van der Waals surface area contributed by atoms with Crippen LogP contribution in [0, 0.1) is 0 Å². The number of fused-ring (bicyclic) bond motifs is 3. The molecule has 160 valence electrons. The summed E-state index contributed by atoms with van der Waals surface area (Å²) < 4.78 is 12.9. The number of hydrogen-bond donors (Lipinski definition) is 0. The number of rotatable bonds is 6. The van der Waals surface area contributed by atoms with Crippen molar-refractivity contribution >= 4 is 33.3 Å². The average Bonchev–Trinajstić information content (AvgIpc) is 3.42. The molecule has 4 aromatic rings. The molecule has 1 aromatic carbocycles. The molecule has 0 radical (unpaired) electrons.